The maximum atomic E-state index is 12.8. The second kappa shape index (κ2) is 9.00. The summed E-state index contributed by atoms with van der Waals surface area (Å²) in [6.07, 6.45) is 8.76. The molecule has 0 radical (unpaired) electrons. The van der Waals surface area contributed by atoms with Gasteiger partial charge in [-0.3, -0.25) is 14.5 Å². The van der Waals surface area contributed by atoms with Gasteiger partial charge in [-0.25, -0.2) is 0 Å². The third-order valence-corrected chi connectivity index (χ3v) is 7.74. The molecule has 0 bridgehead atoms. The molecule has 1 unspecified atom stereocenters. The Morgan fingerprint density at radius 2 is 1.94 bits per heavy atom. The van der Waals surface area contributed by atoms with Gasteiger partial charge >= 0.3 is 0 Å². The highest BCUT2D eigenvalue weighted by atomic mass is 32.1. The Labute approximate surface area is 192 Å². The summed E-state index contributed by atoms with van der Waals surface area (Å²) in [6, 6.07) is 13.7. The minimum Gasteiger partial charge on any atom is -0.322 e. The fourth-order valence-corrected chi connectivity index (χ4v) is 5.93. The number of carbonyl (C=O) groups is 2. The number of nitrogens with zero attached hydrogens (tertiary/aromatic N) is 1. The molecule has 2 aliphatic heterocycles. The second-order valence-corrected chi connectivity index (χ2v) is 9.78. The number of rotatable bonds is 4. The molecule has 0 saturated carbocycles. The average molecular weight is 445 g/mol. The van der Waals surface area contributed by atoms with Crippen LogP contribution in [0.4, 0.5) is 5.69 Å². The van der Waals surface area contributed by atoms with Crippen molar-refractivity contribution in [3.05, 3.63) is 70.6 Å². The van der Waals surface area contributed by atoms with Crippen molar-refractivity contribution in [2.45, 2.75) is 45.1 Å². The van der Waals surface area contributed by atoms with E-state index in [-0.39, 0.29) is 11.7 Å². The zero-order valence-electron chi connectivity index (χ0n) is 18.4. The molecule has 1 atom stereocenters. The number of benzene rings is 2. The van der Waals surface area contributed by atoms with E-state index >= 15 is 0 Å². The summed E-state index contributed by atoms with van der Waals surface area (Å²) in [5.41, 5.74) is 4.56. The molecule has 0 aliphatic carbocycles. The predicted octanol–water partition coefficient (Wildman–Crippen LogP) is 6.39. The van der Waals surface area contributed by atoms with E-state index in [9.17, 15) is 9.59 Å². The van der Waals surface area contributed by atoms with Crippen molar-refractivity contribution in [3.63, 3.8) is 0 Å². The summed E-state index contributed by atoms with van der Waals surface area (Å²) in [7, 11) is 0. The average Bonchev–Trinajstić information content (AvgIpc) is 3.10. The third-order valence-electron chi connectivity index (χ3n) is 6.78. The van der Waals surface area contributed by atoms with E-state index in [0.29, 0.717) is 11.1 Å². The number of allylic oxidation sites excluding steroid dienone is 1. The molecule has 0 spiro atoms. The minimum absolute atomic E-state index is 0.0446. The molecule has 3 heterocycles. The number of ketones is 1. The van der Waals surface area contributed by atoms with Crippen molar-refractivity contribution < 1.29 is 9.59 Å². The van der Waals surface area contributed by atoms with Gasteiger partial charge in [-0.15, -0.1) is 11.3 Å². The Bertz CT molecular complexity index is 1210. The maximum Gasteiger partial charge on any atom is 0.255 e. The van der Waals surface area contributed by atoms with Crippen molar-refractivity contribution in [2.75, 3.05) is 18.4 Å². The molecule has 2 aliphatic rings. The summed E-state index contributed by atoms with van der Waals surface area (Å²) in [4.78, 5) is 27.1. The second-order valence-electron chi connectivity index (χ2n) is 8.86. The molecule has 164 valence electrons. The van der Waals surface area contributed by atoms with Crippen LogP contribution in [0.25, 0.3) is 15.7 Å². The van der Waals surface area contributed by atoms with E-state index < -0.39 is 0 Å². The van der Waals surface area contributed by atoms with Crippen molar-refractivity contribution >= 4 is 44.4 Å². The van der Waals surface area contributed by atoms with Gasteiger partial charge in [-0.05, 0) is 86.0 Å². The molecular formula is C27H28N2O2S. The van der Waals surface area contributed by atoms with Crippen LogP contribution in [0.2, 0.25) is 0 Å². The van der Waals surface area contributed by atoms with Crippen LogP contribution in [0.3, 0.4) is 0 Å². The first kappa shape index (κ1) is 21.1. The van der Waals surface area contributed by atoms with Crippen LogP contribution in [0.15, 0.2) is 53.9 Å². The van der Waals surface area contributed by atoms with Crippen molar-refractivity contribution in [3.8, 4) is 0 Å². The van der Waals surface area contributed by atoms with Gasteiger partial charge in [0.25, 0.3) is 5.91 Å². The topological polar surface area (TPSA) is 49.4 Å². The van der Waals surface area contributed by atoms with Gasteiger partial charge in [-0.1, -0.05) is 24.6 Å². The largest absolute Gasteiger partial charge is 0.322 e. The molecule has 1 saturated heterocycles. The molecule has 5 rings (SSSR count). The molecule has 3 aromatic rings. The lowest BCUT2D eigenvalue weighted by molar-refractivity contribution is 0.101. The highest BCUT2D eigenvalue weighted by molar-refractivity contribution is 7.17. The van der Waals surface area contributed by atoms with Crippen LogP contribution in [-0.4, -0.2) is 35.7 Å². The fourth-order valence-electron chi connectivity index (χ4n) is 4.96. The van der Waals surface area contributed by atoms with Gasteiger partial charge in [0, 0.05) is 39.5 Å². The first-order chi connectivity index (χ1) is 15.6. The van der Waals surface area contributed by atoms with Crippen LogP contribution >= 0.6 is 11.3 Å². The van der Waals surface area contributed by atoms with E-state index in [1.165, 1.54) is 60.4 Å². The number of carbonyl (C=O) groups excluding carboxylic acids is 2. The smallest absolute Gasteiger partial charge is 0.255 e. The number of nitrogens with one attached hydrogen (secondary N) is 1. The Morgan fingerprint density at radius 3 is 2.81 bits per heavy atom. The summed E-state index contributed by atoms with van der Waals surface area (Å²) in [5, 5.41) is 6.49. The number of piperidine rings is 1. The van der Waals surface area contributed by atoms with Crippen LogP contribution in [0, 0.1) is 0 Å². The van der Waals surface area contributed by atoms with E-state index in [2.05, 4.69) is 33.8 Å². The van der Waals surface area contributed by atoms with Crippen molar-refractivity contribution in [2.24, 2.45) is 0 Å². The van der Waals surface area contributed by atoms with Gasteiger partial charge < -0.3 is 5.32 Å². The Kier molecular flexibility index (Phi) is 5.94. The Balaban J connectivity index is 1.39. The van der Waals surface area contributed by atoms with Crippen LogP contribution < -0.4 is 5.32 Å². The van der Waals surface area contributed by atoms with E-state index in [1.54, 1.807) is 35.6 Å². The first-order valence-electron chi connectivity index (χ1n) is 11.5. The van der Waals surface area contributed by atoms with Crippen LogP contribution in [0.5, 0.6) is 0 Å². The lowest BCUT2D eigenvalue weighted by atomic mass is 9.95. The number of thiophene rings is 1. The molecule has 1 amide bonds. The molecule has 1 N–H and O–H groups in total. The normalized spacial score (nSPS) is 19.2. The highest BCUT2D eigenvalue weighted by Gasteiger charge is 2.24. The minimum atomic E-state index is -0.199. The summed E-state index contributed by atoms with van der Waals surface area (Å²) >= 11 is 1.76. The lowest BCUT2D eigenvalue weighted by Gasteiger charge is -2.33. The first-order valence-corrected chi connectivity index (χ1v) is 12.3. The standard InChI is InChI=1S/C27H28N2O2S/c1-18(30)20-5-4-6-21(15-20)27(31)28-22-9-11-26-24(16-22)25(17-32-26)19-8-10-23-7-2-3-13-29(23)14-12-19/h4-6,9,11-12,15-17,23H,2-3,7-8,10,13-14H2,1H3,(H,28,31). The number of anilines is 1. The van der Waals surface area contributed by atoms with Crippen molar-refractivity contribution in [1.29, 1.82) is 0 Å². The molecule has 4 nitrogen and oxygen atoms in total. The molecule has 32 heavy (non-hydrogen) atoms. The predicted molar refractivity (Wildman–Crippen MR) is 133 cm³/mol. The van der Waals surface area contributed by atoms with Gasteiger partial charge in [0.05, 0.1) is 0 Å². The number of amides is 1. The molecule has 5 heteroatoms. The Hall–Kier alpha value is -2.76. The number of hydrogen-bond acceptors (Lipinski definition) is 4. The van der Waals surface area contributed by atoms with Gasteiger partial charge in [0.2, 0.25) is 0 Å². The monoisotopic (exact) mass is 444 g/mol. The van der Waals surface area contributed by atoms with Gasteiger partial charge in [0.1, 0.15) is 0 Å². The third kappa shape index (κ3) is 4.27. The fraction of sp³-hybridized carbons (Fsp3) is 0.333. The molecular weight excluding hydrogens is 416 g/mol. The van der Waals surface area contributed by atoms with Gasteiger partial charge in [0.15, 0.2) is 5.78 Å². The van der Waals surface area contributed by atoms with E-state index in [4.69, 9.17) is 0 Å². The zero-order valence-corrected chi connectivity index (χ0v) is 19.2. The summed E-state index contributed by atoms with van der Waals surface area (Å²) in [5.74, 6) is -0.244. The quantitative estimate of drug-likeness (QED) is 0.475. The SMILES string of the molecule is CC(=O)c1cccc(C(=O)Nc2ccc3scc(C4=CCN5CCCCC5CC4)c3c2)c1. The molecule has 1 aromatic heterocycles. The van der Waals surface area contributed by atoms with Crippen LogP contribution in [-0.2, 0) is 0 Å². The van der Waals surface area contributed by atoms with E-state index in [0.717, 1.165) is 24.7 Å². The van der Waals surface area contributed by atoms with Gasteiger partial charge in [-0.2, -0.15) is 0 Å². The summed E-state index contributed by atoms with van der Waals surface area (Å²) < 4.78 is 1.24. The van der Waals surface area contributed by atoms with Crippen LogP contribution in [0.1, 0.15) is 65.3 Å². The van der Waals surface area contributed by atoms with E-state index in [1.807, 2.05) is 6.07 Å². The zero-order chi connectivity index (χ0) is 22.1. The number of Topliss-reactive ketones (excluding diaryl/α,β-unsaturated/α-hetero) is 1. The number of fused-ring (bicyclic) bond motifs is 2. The number of hydrogen-bond donors (Lipinski definition) is 1. The molecule has 2 aromatic carbocycles. The molecule has 1 fully saturated rings. The summed E-state index contributed by atoms with van der Waals surface area (Å²) in [6.45, 7) is 3.78. The van der Waals surface area contributed by atoms with Crippen molar-refractivity contribution in [1.82, 2.24) is 4.90 Å². The lowest BCUT2D eigenvalue weighted by Crippen LogP contribution is -2.38. The maximum absolute atomic E-state index is 12.8. The Morgan fingerprint density at radius 1 is 1.06 bits per heavy atom. The highest BCUT2D eigenvalue weighted by Crippen LogP contribution is 2.37.